The van der Waals surface area contributed by atoms with E-state index in [2.05, 4.69) is 5.10 Å². The van der Waals surface area contributed by atoms with Crippen LogP contribution in [0.5, 0.6) is 0 Å². The normalized spacial score (nSPS) is 11.7. The third kappa shape index (κ3) is 2.68. The van der Waals surface area contributed by atoms with Crippen molar-refractivity contribution in [3.8, 4) is 5.69 Å². The highest BCUT2D eigenvalue weighted by atomic mass is 35.5. The van der Waals surface area contributed by atoms with Gasteiger partial charge in [0.05, 0.1) is 10.6 Å². The molecule has 0 fully saturated rings. The van der Waals surface area contributed by atoms with Crippen LogP contribution in [0, 0.1) is 22.9 Å². The fraction of sp³-hybridized carbons (Fsp3) is 0.182. The number of rotatable bonds is 2. The minimum Gasteiger partial charge on any atom is -0.258 e. The van der Waals surface area contributed by atoms with E-state index in [0.717, 1.165) is 18.2 Å². The van der Waals surface area contributed by atoms with E-state index in [1.54, 1.807) is 0 Å². The van der Waals surface area contributed by atoms with Gasteiger partial charge in [-0.2, -0.15) is 18.3 Å². The topological polar surface area (TPSA) is 61.0 Å². The molecule has 5 nitrogen and oxygen atoms in total. The van der Waals surface area contributed by atoms with Gasteiger partial charge in [0, 0.05) is 0 Å². The molecule has 2 aromatic rings. The van der Waals surface area contributed by atoms with Crippen LogP contribution in [0.1, 0.15) is 11.3 Å². The highest BCUT2D eigenvalue weighted by Gasteiger charge is 2.45. The Bertz CT molecular complexity index is 727. The molecule has 21 heavy (non-hydrogen) atoms. The first-order valence-electron chi connectivity index (χ1n) is 5.39. The molecule has 0 amide bonds. The van der Waals surface area contributed by atoms with E-state index in [0.29, 0.717) is 4.68 Å². The summed E-state index contributed by atoms with van der Waals surface area (Å²) in [6.45, 7) is 1.41. The Morgan fingerprint density at radius 3 is 2.43 bits per heavy atom. The number of alkyl halides is 3. The minimum atomic E-state index is -5.04. The maximum atomic E-state index is 13.0. The minimum absolute atomic E-state index is 0.0139. The molecule has 0 aliphatic heterocycles. The van der Waals surface area contributed by atoms with Crippen LogP contribution in [0.2, 0.25) is 5.15 Å². The molecule has 0 spiro atoms. The molecule has 0 atom stereocenters. The van der Waals surface area contributed by atoms with E-state index in [-0.39, 0.29) is 11.3 Å². The van der Waals surface area contributed by atoms with Gasteiger partial charge in [-0.25, -0.2) is 9.07 Å². The van der Waals surface area contributed by atoms with Gasteiger partial charge in [-0.1, -0.05) is 11.6 Å². The van der Waals surface area contributed by atoms with Crippen LogP contribution in [0.3, 0.4) is 0 Å². The lowest BCUT2D eigenvalue weighted by Gasteiger charge is -2.06. The highest BCUT2D eigenvalue weighted by molar-refractivity contribution is 6.32. The molecule has 0 saturated heterocycles. The molecule has 0 N–H and O–H groups in total. The van der Waals surface area contributed by atoms with Crippen molar-refractivity contribution in [2.24, 2.45) is 0 Å². The second-order valence-electron chi connectivity index (χ2n) is 4.09. The van der Waals surface area contributed by atoms with E-state index in [1.165, 1.54) is 6.92 Å². The first-order chi connectivity index (χ1) is 9.62. The predicted molar refractivity (Wildman–Crippen MR) is 64.9 cm³/mol. The zero-order valence-corrected chi connectivity index (χ0v) is 11.0. The molecule has 0 unspecified atom stereocenters. The number of benzene rings is 1. The Kier molecular flexibility index (Phi) is 3.62. The predicted octanol–water partition coefficient (Wildman–Crippen LogP) is 3.90. The lowest BCUT2D eigenvalue weighted by molar-refractivity contribution is -0.388. The molecule has 2 rings (SSSR count). The van der Waals surface area contributed by atoms with Crippen LogP contribution in [0.4, 0.5) is 23.2 Å². The average Bonchev–Trinajstić information content (AvgIpc) is 2.67. The van der Waals surface area contributed by atoms with Gasteiger partial charge < -0.3 is 0 Å². The maximum absolute atomic E-state index is 13.0. The summed E-state index contributed by atoms with van der Waals surface area (Å²) in [6, 6.07) is 3.17. The van der Waals surface area contributed by atoms with Crippen molar-refractivity contribution in [3.63, 3.8) is 0 Å². The molecule has 0 bridgehead atoms. The fourth-order valence-electron chi connectivity index (χ4n) is 1.76. The largest absolute Gasteiger partial charge is 0.442 e. The quantitative estimate of drug-likeness (QED) is 0.478. The number of hydrogen-bond donors (Lipinski definition) is 0. The number of nitro groups is 1. The summed E-state index contributed by atoms with van der Waals surface area (Å²) in [6.07, 6.45) is -5.04. The number of aromatic nitrogens is 2. The van der Waals surface area contributed by atoms with Crippen molar-refractivity contribution < 1.29 is 22.5 Å². The van der Waals surface area contributed by atoms with Gasteiger partial charge in [0.2, 0.25) is 10.8 Å². The first kappa shape index (κ1) is 15.2. The number of aryl methyl sites for hydroxylation is 1. The van der Waals surface area contributed by atoms with Crippen LogP contribution in [0.15, 0.2) is 18.2 Å². The van der Waals surface area contributed by atoms with Crippen molar-refractivity contribution in [1.82, 2.24) is 9.78 Å². The van der Waals surface area contributed by atoms with Gasteiger partial charge in [0.1, 0.15) is 5.82 Å². The van der Waals surface area contributed by atoms with E-state index >= 15 is 0 Å². The Labute approximate surface area is 119 Å². The van der Waals surface area contributed by atoms with Crippen LogP contribution < -0.4 is 0 Å². The fourth-order valence-corrected chi connectivity index (χ4v) is 2.05. The van der Waals surface area contributed by atoms with Gasteiger partial charge in [-0.15, -0.1) is 0 Å². The molecular formula is C11H6ClF4N3O2. The maximum Gasteiger partial charge on any atom is 0.442 e. The standard InChI is InChI=1S/C11H6ClF4N3O2/c1-5-4-6(13)2-3-7(5)18-10(12)8(19(20)21)9(17-18)11(14,15)16/h2-4H,1H3. The summed E-state index contributed by atoms with van der Waals surface area (Å²) in [4.78, 5) is 9.52. The Hall–Kier alpha value is -2.16. The number of nitrogens with zero attached hydrogens (tertiary/aromatic N) is 3. The first-order valence-corrected chi connectivity index (χ1v) is 5.77. The SMILES string of the molecule is Cc1cc(F)ccc1-n1nc(C(F)(F)F)c([N+](=O)[O-])c1Cl. The van der Waals surface area contributed by atoms with Crippen molar-refractivity contribution in [3.05, 3.63) is 50.5 Å². The lowest BCUT2D eigenvalue weighted by atomic mass is 10.2. The van der Waals surface area contributed by atoms with Crippen molar-refractivity contribution in [1.29, 1.82) is 0 Å². The van der Waals surface area contributed by atoms with E-state index < -0.39 is 33.5 Å². The molecule has 0 radical (unpaired) electrons. The monoisotopic (exact) mass is 323 g/mol. The van der Waals surface area contributed by atoms with E-state index in [1.807, 2.05) is 0 Å². The molecule has 0 aliphatic carbocycles. The second kappa shape index (κ2) is 4.99. The summed E-state index contributed by atoms with van der Waals surface area (Å²) in [5.41, 5.74) is -2.81. The zero-order valence-electron chi connectivity index (χ0n) is 10.3. The van der Waals surface area contributed by atoms with E-state index in [9.17, 15) is 27.7 Å². The van der Waals surface area contributed by atoms with Crippen molar-refractivity contribution in [2.45, 2.75) is 13.1 Å². The van der Waals surface area contributed by atoms with Gasteiger partial charge in [0.15, 0.2) is 0 Å². The number of halogens is 5. The third-order valence-corrected chi connectivity index (χ3v) is 2.98. The zero-order chi connectivity index (χ0) is 15.9. The summed E-state index contributed by atoms with van der Waals surface area (Å²) >= 11 is 5.64. The number of hydrogen-bond acceptors (Lipinski definition) is 3. The molecule has 1 heterocycles. The molecule has 112 valence electrons. The Morgan fingerprint density at radius 2 is 2.00 bits per heavy atom. The van der Waals surface area contributed by atoms with Crippen molar-refractivity contribution >= 4 is 17.3 Å². The van der Waals surface area contributed by atoms with Crippen LogP contribution in [-0.2, 0) is 6.18 Å². The summed E-state index contributed by atoms with van der Waals surface area (Å²) in [5, 5.41) is 13.1. The van der Waals surface area contributed by atoms with Crippen LogP contribution >= 0.6 is 11.6 Å². The Balaban J connectivity index is 2.74. The van der Waals surface area contributed by atoms with E-state index in [4.69, 9.17) is 11.6 Å². The molecule has 10 heteroatoms. The summed E-state index contributed by atoms with van der Waals surface area (Å²) in [5.74, 6) is -0.606. The molecule has 0 aliphatic rings. The van der Waals surface area contributed by atoms with Gasteiger partial charge >= 0.3 is 11.9 Å². The highest BCUT2D eigenvalue weighted by Crippen LogP contribution is 2.40. The van der Waals surface area contributed by atoms with Crippen LogP contribution in [-0.4, -0.2) is 14.7 Å². The van der Waals surface area contributed by atoms with Gasteiger partial charge in [-0.3, -0.25) is 10.1 Å². The average molecular weight is 324 g/mol. The molecular weight excluding hydrogens is 318 g/mol. The van der Waals surface area contributed by atoms with Crippen molar-refractivity contribution in [2.75, 3.05) is 0 Å². The summed E-state index contributed by atoms with van der Waals surface area (Å²) < 4.78 is 51.9. The smallest absolute Gasteiger partial charge is 0.258 e. The van der Waals surface area contributed by atoms with Gasteiger partial charge in [0.25, 0.3) is 0 Å². The van der Waals surface area contributed by atoms with Gasteiger partial charge in [-0.05, 0) is 30.7 Å². The molecule has 1 aromatic carbocycles. The van der Waals surface area contributed by atoms with Crippen LogP contribution in [0.25, 0.3) is 5.69 Å². The molecule has 0 saturated carbocycles. The Morgan fingerprint density at radius 1 is 1.38 bits per heavy atom. The summed E-state index contributed by atoms with van der Waals surface area (Å²) in [7, 11) is 0. The second-order valence-corrected chi connectivity index (χ2v) is 4.44. The third-order valence-electron chi connectivity index (χ3n) is 2.64. The molecule has 1 aromatic heterocycles. The lowest BCUT2D eigenvalue weighted by Crippen LogP contribution is -2.09.